The van der Waals surface area contributed by atoms with Gasteiger partial charge in [0.25, 0.3) is 0 Å². The molecule has 1 aliphatic heterocycles. The van der Waals surface area contributed by atoms with Gasteiger partial charge in [0, 0.05) is 43.8 Å². The molecule has 1 unspecified atom stereocenters. The van der Waals surface area contributed by atoms with E-state index in [9.17, 15) is 5.11 Å². The van der Waals surface area contributed by atoms with Crippen molar-refractivity contribution in [3.05, 3.63) is 83.6 Å². The molecule has 1 N–H and O–H groups in total. The van der Waals surface area contributed by atoms with Gasteiger partial charge in [0.15, 0.2) is 0 Å². The van der Waals surface area contributed by atoms with Gasteiger partial charge in [-0.25, -0.2) is 0 Å². The molecule has 5 nitrogen and oxygen atoms in total. The smallest absolute Gasteiger partial charge is 0.120 e. The summed E-state index contributed by atoms with van der Waals surface area (Å²) in [5, 5.41) is 11.9. The fourth-order valence-corrected chi connectivity index (χ4v) is 4.95. The number of aryl methyl sites for hydroxylation is 2. The zero-order chi connectivity index (χ0) is 23.7. The molecule has 1 aromatic heterocycles. The van der Waals surface area contributed by atoms with E-state index >= 15 is 0 Å². The normalized spacial score (nSPS) is 14.7. The van der Waals surface area contributed by atoms with Crippen LogP contribution in [0.4, 0.5) is 0 Å². The Morgan fingerprint density at radius 2 is 1.82 bits per heavy atom. The highest BCUT2D eigenvalue weighted by atomic mass is 16.5. The van der Waals surface area contributed by atoms with Crippen LogP contribution in [0.25, 0.3) is 22.0 Å². The second-order valence-corrected chi connectivity index (χ2v) is 9.27. The highest BCUT2D eigenvalue weighted by molar-refractivity contribution is 5.88. The molecular weight excluding hydrogens is 424 g/mol. The fraction of sp³-hybridized carbons (Fsp3) is 0.310. The van der Waals surface area contributed by atoms with Gasteiger partial charge in [-0.3, -0.25) is 4.90 Å². The first kappa shape index (κ1) is 22.5. The maximum atomic E-state index is 10.7. The van der Waals surface area contributed by atoms with Crippen LogP contribution < -0.4 is 9.47 Å². The molecule has 5 heteroatoms. The predicted molar refractivity (Wildman–Crippen MR) is 137 cm³/mol. The number of hydrogen-bond acceptors (Lipinski definition) is 4. The molecule has 34 heavy (non-hydrogen) atoms. The summed E-state index contributed by atoms with van der Waals surface area (Å²) in [6.07, 6.45) is 2.59. The predicted octanol–water partition coefficient (Wildman–Crippen LogP) is 4.96. The Morgan fingerprint density at radius 1 is 0.971 bits per heavy atom. The molecule has 5 rings (SSSR count). The molecule has 0 fully saturated rings. The lowest BCUT2D eigenvalue weighted by atomic mass is 9.99. The van der Waals surface area contributed by atoms with Crippen molar-refractivity contribution in [1.82, 2.24) is 9.47 Å². The molecule has 0 radical (unpaired) electrons. The summed E-state index contributed by atoms with van der Waals surface area (Å²) in [4.78, 5) is 2.28. The Bertz CT molecular complexity index is 1310. The van der Waals surface area contributed by atoms with Gasteiger partial charge in [0.1, 0.15) is 24.2 Å². The summed E-state index contributed by atoms with van der Waals surface area (Å²) in [5.74, 6) is 1.65. The molecule has 1 atom stereocenters. The van der Waals surface area contributed by atoms with Crippen molar-refractivity contribution in [2.45, 2.75) is 26.0 Å². The Kier molecular flexibility index (Phi) is 6.31. The Labute approximate surface area is 201 Å². The second kappa shape index (κ2) is 9.53. The average Bonchev–Trinajstić information content (AvgIpc) is 3.15. The minimum Gasteiger partial charge on any atom is -0.497 e. The SMILES string of the molecule is COc1ccc2c(c1)CN(CC(O)COc1cccc(-c3ccc4c(C)cn(C)c4c3)c1)CC2. The summed E-state index contributed by atoms with van der Waals surface area (Å²) < 4.78 is 13.5. The van der Waals surface area contributed by atoms with Gasteiger partial charge in [0.05, 0.1) is 7.11 Å². The van der Waals surface area contributed by atoms with Crippen molar-refractivity contribution >= 4 is 10.9 Å². The van der Waals surface area contributed by atoms with Gasteiger partial charge in [-0.2, -0.15) is 0 Å². The molecular formula is C29H32N2O3. The third-order valence-corrected chi connectivity index (χ3v) is 6.77. The largest absolute Gasteiger partial charge is 0.497 e. The fourth-order valence-electron chi connectivity index (χ4n) is 4.95. The molecule has 2 heterocycles. The topological polar surface area (TPSA) is 46.9 Å². The van der Waals surface area contributed by atoms with Gasteiger partial charge >= 0.3 is 0 Å². The summed E-state index contributed by atoms with van der Waals surface area (Å²) in [5.41, 5.74) is 7.40. The molecule has 0 aliphatic carbocycles. The van der Waals surface area contributed by atoms with E-state index in [0.29, 0.717) is 6.54 Å². The van der Waals surface area contributed by atoms with E-state index in [1.54, 1.807) is 7.11 Å². The Balaban J connectivity index is 1.21. The van der Waals surface area contributed by atoms with Crippen molar-refractivity contribution in [3.8, 4) is 22.6 Å². The van der Waals surface area contributed by atoms with E-state index in [1.165, 1.54) is 27.6 Å². The van der Waals surface area contributed by atoms with Crippen LogP contribution in [-0.2, 0) is 20.0 Å². The van der Waals surface area contributed by atoms with Gasteiger partial charge in [-0.1, -0.05) is 30.3 Å². The lowest BCUT2D eigenvalue weighted by Crippen LogP contribution is -2.38. The Hall–Kier alpha value is -3.28. The van der Waals surface area contributed by atoms with Crippen LogP contribution in [0.1, 0.15) is 16.7 Å². The number of fused-ring (bicyclic) bond motifs is 2. The van der Waals surface area contributed by atoms with Crippen LogP contribution in [0.15, 0.2) is 66.9 Å². The first-order valence-electron chi connectivity index (χ1n) is 11.9. The molecule has 4 aromatic rings. The molecule has 0 spiro atoms. The number of β-amino-alcohol motifs (C(OH)–C–C–N with tert-alkyl or cyclic N) is 1. The number of aromatic nitrogens is 1. The van der Waals surface area contributed by atoms with Crippen molar-refractivity contribution in [3.63, 3.8) is 0 Å². The van der Waals surface area contributed by atoms with Crippen molar-refractivity contribution in [2.24, 2.45) is 7.05 Å². The quantitative estimate of drug-likeness (QED) is 0.427. The van der Waals surface area contributed by atoms with Crippen molar-refractivity contribution in [1.29, 1.82) is 0 Å². The van der Waals surface area contributed by atoms with E-state index < -0.39 is 6.10 Å². The van der Waals surface area contributed by atoms with Crippen LogP contribution in [0, 0.1) is 6.92 Å². The minimum atomic E-state index is -0.557. The zero-order valence-electron chi connectivity index (χ0n) is 20.1. The summed E-state index contributed by atoms with van der Waals surface area (Å²) in [6, 6.07) is 20.9. The summed E-state index contributed by atoms with van der Waals surface area (Å²) in [7, 11) is 3.77. The van der Waals surface area contributed by atoms with E-state index in [0.717, 1.165) is 42.1 Å². The lowest BCUT2D eigenvalue weighted by Gasteiger charge is -2.30. The van der Waals surface area contributed by atoms with Crippen LogP contribution >= 0.6 is 0 Å². The van der Waals surface area contributed by atoms with Gasteiger partial charge < -0.3 is 19.1 Å². The molecule has 1 aliphatic rings. The average molecular weight is 457 g/mol. The van der Waals surface area contributed by atoms with Crippen LogP contribution in [0.2, 0.25) is 0 Å². The number of methoxy groups -OCH3 is 1. The molecule has 176 valence electrons. The number of ether oxygens (including phenoxy) is 2. The highest BCUT2D eigenvalue weighted by Gasteiger charge is 2.19. The number of rotatable bonds is 7. The number of aliphatic hydroxyl groups excluding tert-OH is 1. The van der Waals surface area contributed by atoms with E-state index in [-0.39, 0.29) is 6.61 Å². The molecule has 0 saturated heterocycles. The first-order chi connectivity index (χ1) is 16.5. The molecule has 0 amide bonds. The number of aliphatic hydroxyl groups is 1. The third-order valence-electron chi connectivity index (χ3n) is 6.77. The monoisotopic (exact) mass is 456 g/mol. The van der Waals surface area contributed by atoms with E-state index in [2.05, 4.69) is 66.0 Å². The Morgan fingerprint density at radius 3 is 2.68 bits per heavy atom. The van der Waals surface area contributed by atoms with Gasteiger partial charge in [-0.15, -0.1) is 0 Å². The number of hydrogen-bond donors (Lipinski definition) is 1. The van der Waals surface area contributed by atoms with E-state index in [1.807, 2.05) is 24.3 Å². The van der Waals surface area contributed by atoms with E-state index in [4.69, 9.17) is 9.47 Å². The van der Waals surface area contributed by atoms with Crippen molar-refractivity contribution < 1.29 is 14.6 Å². The number of nitrogens with zero attached hydrogens (tertiary/aromatic N) is 2. The zero-order valence-corrected chi connectivity index (χ0v) is 20.1. The summed E-state index contributed by atoms with van der Waals surface area (Å²) in [6.45, 7) is 4.75. The minimum absolute atomic E-state index is 0.265. The number of benzene rings is 3. The lowest BCUT2D eigenvalue weighted by molar-refractivity contribution is 0.0637. The highest BCUT2D eigenvalue weighted by Crippen LogP contribution is 2.29. The van der Waals surface area contributed by atoms with Gasteiger partial charge in [0.2, 0.25) is 0 Å². The third kappa shape index (κ3) is 4.67. The standard InChI is InChI=1S/C29H32N2O3/c1-20-16-30(2)29-15-23(8-10-28(20)29)22-5-4-6-27(13-22)34-19-25(32)18-31-12-11-21-7-9-26(33-3)14-24(21)17-31/h4-10,13-16,25,32H,11-12,17-19H2,1-3H3. The van der Waals surface area contributed by atoms with Gasteiger partial charge in [-0.05, 0) is 71.5 Å². The van der Waals surface area contributed by atoms with Crippen molar-refractivity contribution in [2.75, 3.05) is 26.8 Å². The van der Waals surface area contributed by atoms with Crippen LogP contribution in [-0.4, -0.2) is 47.5 Å². The summed E-state index contributed by atoms with van der Waals surface area (Å²) >= 11 is 0. The maximum absolute atomic E-state index is 10.7. The van der Waals surface area contributed by atoms with Crippen LogP contribution in [0.3, 0.4) is 0 Å². The first-order valence-corrected chi connectivity index (χ1v) is 11.9. The molecule has 3 aromatic carbocycles. The molecule has 0 saturated carbocycles. The second-order valence-electron chi connectivity index (χ2n) is 9.27. The maximum Gasteiger partial charge on any atom is 0.120 e. The molecule has 0 bridgehead atoms. The van der Waals surface area contributed by atoms with Crippen LogP contribution in [0.5, 0.6) is 11.5 Å².